The quantitative estimate of drug-likeness (QED) is 0.762. The molecule has 0 aromatic heterocycles. The van der Waals surface area contributed by atoms with Gasteiger partial charge in [0.1, 0.15) is 5.82 Å². The number of halogens is 3. The van der Waals surface area contributed by atoms with Crippen LogP contribution in [0.3, 0.4) is 0 Å². The molecular weight excluding hydrogens is 308 g/mol. The topological polar surface area (TPSA) is 12.0 Å². The van der Waals surface area contributed by atoms with Crippen LogP contribution in [0.2, 0.25) is 10.0 Å². The van der Waals surface area contributed by atoms with E-state index in [9.17, 15) is 4.39 Å². The highest BCUT2D eigenvalue weighted by Crippen LogP contribution is 2.34. The van der Waals surface area contributed by atoms with Crippen LogP contribution in [-0.4, -0.2) is 6.54 Å². The standard InChI is InChI=1S/C17H18Cl2FN/c1-3-7-21-17(12-8-11(2)9-13(20)10-12)16-14(18)5-4-6-15(16)19/h4-6,8-10,17,21H,3,7H2,1-2H3. The maximum absolute atomic E-state index is 13.7. The first-order valence-electron chi connectivity index (χ1n) is 6.97. The fourth-order valence-electron chi connectivity index (χ4n) is 2.39. The van der Waals surface area contributed by atoms with Gasteiger partial charge in [-0.2, -0.15) is 0 Å². The first-order valence-corrected chi connectivity index (χ1v) is 7.73. The normalized spacial score (nSPS) is 12.4. The van der Waals surface area contributed by atoms with Gasteiger partial charge >= 0.3 is 0 Å². The maximum Gasteiger partial charge on any atom is 0.123 e. The van der Waals surface area contributed by atoms with Crippen LogP contribution in [0.15, 0.2) is 36.4 Å². The molecule has 0 fully saturated rings. The van der Waals surface area contributed by atoms with Gasteiger partial charge in [-0.1, -0.05) is 42.3 Å². The second-order valence-electron chi connectivity index (χ2n) is 5.08. The zero-order valence-electron chi connectivity index (χ0n) is 12.1. The molecule has 0 bridgehead atoms. The minimum Gasteiger partial charge on any atom is -0.306 e. The number of rotatable bonds is 5. The summed E-state index contributed by atoms with van der Waals surface area (Å²) in [4.78, 5) is 0. The van der Waals surface area contributed by atoms with Gasteiger partial charge in [-0.25, -0.2) is 4.39 Å². The SMILES string of the molecule is CCCNC(c1cc(C)cc(F)c1)c1c(Cl)cccc1Cl. The predicted molar refractivity (Wildman–Crippen MR) is 87.7 cm³/mol. The Balaban J connectivity index is 2.52. The van der Waals surface area contributed by atoms with E-state index < -0.39 is 0 Å². The Bertz CT molecular complexity index is 588. The molecule has 0 aliphatic heterocycles. The molecule has 0 saturated heterocycles. The predicted octanol–water partition coefficient (Wildman–Crippen LogP) is 5.53. The van der Waals surface area contributed by atoms with E-state index in [1.807, 2.05) is 19.1 Å². The van der Waals surface area contributed by atoms with Crippen LogP contribution in [0.1, 0.15) is 36.1 Å². The monoisotopic (exact) mass is 325 g/mol. The lowest BCUT2D eigenvalue weighted by Gasteiger charge is -2.22. The van der Waals surface area contributed by atoms with Crippen molar-refractivity contribution in [1.29, 1.82) is 0 Å². The largest absolute Gasteiger partial charge is 0.306 e. The molecule has 2 aromatic rings. The molecule has 2 aromatic carbocycles. The molecule has 21 heavy (non-hydrogen) atoms. The summed E-state index contributed by atoms with van der Waals surface area (Å²) in [5, 5.41) is 4.57. The van der Waals surface area contributed by atoms with Crippen LogP contribution in [0.4, 0.5) is 4.39 Å². The summed E-state index contributed by atoms with van der Waals surface area (Å²) in [5.74, 6) is -0.253. The molecule has 1 N–H and O–H groups in total. The van der Waals surface area contributed by atoms with Gasteiger partial charge < -0.3 is 5.32 Å². The van der Waals surface area contributed by atoms with E-state index in [1.165, 1.54) is 12.1 Å². The molecule has 1 unspecified atom stereocenters. The van der Waals surface area contributed by atoms with Gasteiger partial charge in [0.2, 0.25) is 0 Å². The Hall–Kier alpha value is -1.09. The van der Waals surface area contributed by atoms with Crippen LogP contribution < -0.4 is 5.32 Å². The third kappa shape index (κ3) is 3.97. The zero-order chi connectivity index (χ0) is 15.4. The molecule has 112 valence electrons. The lowest BCUT2D eigenvalue weighted by molar-refractivity contribution is 0.585. The molecule has 0 heterocycles. The molecule has 0 amide bonds. The fraction of sp³-hybridized carbons (Fsp3) is 0.294. The van der Waals surface area contributed by atoms with Crippen molar-refractivity contribution in [2.75, 3.05) is 6.54 Å². The minimum absolute atomic E-state index is 0.222. The van der Waals surface area contributed by atoms with Gasteiger partial charge in [0.25, 0.3) is 0 Å². The highest BCUT2D eigenvalue weighted by atomic mass is 35.5. The van der Waals surface area contributed by atoms with Gasteiger partial charge in [0, 0.05) is 15.6 Å². The van der Waals surface area contributed by atoms with Gasteiger partial charge in [-0.3, -0.25) is 0 Å². The highest BCUT2D eigenvalue weighted by Gasteiger charge is 2.20. The first-order chi connectivity index (χ1) is 10.0. The summed E-state index contributed by atoms with van der Waals surface area (Å²) >= 11 is 12.6. The Morgan fingerprint density at radius 1 is 1.14 bits per heavy atom. The molecule has 1 atom stereocenters. The third-order valence-corrected chi connectivity index (χ3v) is 3.94. The number of nitrogens with one attached hydrogen (secondary N) is 1. The highest BCUT2D eigenvalue weighted by molar-refractivity contribution is 6.36. The van der Waals surface area contributed by atoms with Crippen molar-refractivity contribution >= 4 is 23.2 Å². The van der Waals surface area contributed by atoms with Crippen LogP contribution in [0.25, 0.3) is 0 Å². The van der Waals surface area contributed by atoms with Crippen LogP contribution in [0.5, 0.6) is 0 Å². The smallest absolute Gasteiger partial charge is 0.123 e. The van der Waals surface area contributed by atoms with Crippen molar-refractivity contribution in [2.24, 2.45) is 0 Å². The van der Waals surface area contributed by atoms with Gasteiger partial charge in [-0.05, 0) is 55.3 Å². The summed E-state index contributed by atoms with van der Waals surface area (Å²) in [6.07, 6.45) is 0.965. The first kappa shape index (κ1) is 16.3. The van der Waals surface area contributed by atoms with Crippen molar-refractivity contribution in [3.63, 3.8) is 0 Å². The van der Waals surface area contributed by atoms with E-state index >= 15 is 0 Å². The second kappa shape index (κ2) is 7.26. The molecule has 0 aliphatic carbocycles. The molecule has 0 saturated carbocycles. The van der Waals surface area contributed by atoms with Crippen molar-refractivity contribution in [3.8, 4) is 0 Å². The summed E-state index contributed by atoms with van der Waals surface area (Å²) in [7, 11) is 0. The fourth-order valence-corrected chi connectivity index (χ4v) is 3.01. The Morgan fingerprint density at radius 3 is 2.38 bits per heavy atom. The molecule has 0 spiro atoms. The van der Waals surface area contributed by atoms with Crippen LogP contribution >= 0.6 is 23.2 Å². The van der Waals surface area contributed by atoms with E-state index in [1.54, 1.807) is 12.1 Å². The van der Waals surface area contributed by atoms with E-state index in [4.69, 9.17) is 23.2 Å². The maximum atomic E-state index is 13.7. The molecule has 1 nitrogen and oxygen atoms in total. The van der Waals surface area contributed by atoms with Crippen molar-refractivity contribution in [2.45, 2.75) is 26.3 Å². The molecule has 0 radical (unpaired) electrons. The Morgan fingerprint density at radius 2 is 1.81 bits per heavy atom. The minimum atomic E-state index is -0.253. The van der Waals surface area contributed by atoms with E-state index in [0.717, 1.165) is 29.7 Å². The third-order valence-electron chi connectivity index (χ3n) is 3.28. The number of hydrogen-bond acceptors (Lipinski definition) is 1. The molecule has 4 heteroatoms. The van der Waals surface area contributed by atoms with Crippen LogP contribution in [0, 0.1) is 12.7 Å². The van der Waals surface area contributed by atoms with Crippen molar-refractivity contribution in [3.05, 3.63) is 69.0 Å². The molecule has 2 rings (SSSR count). The number of aryl methyl sites for hydroxylation is 1. The van der Waals surface area contributed by atoms with Crippen molar-refractivity contribution < 1.29 is 4.39 Å². The average molecular weight is 326 g/mol. The summed E-state index contributed by atoms with van der Waals surface area (Å²) < 4.78 is 13.7. The van der Waals surface area contributed by atoms with E-state index in [-0.39, 0.29) is 11.9 Å². The van der Waals surface area contributed by atoms with Crippen LogP contribution in [-0.2, 0) is 0 Å². The molecule has 0 aliphatic rings. The van der Waals surface area contributed by atoms with Gasteiger partial charge in [0.05, 0.1) is 6.04 Å². The zero-order valence-corrected chi connectivity index (χ0v) is 13.6. The number of benzene rings is 2. The lowest BCUT2D eigenvalue weighted by atomic mass is 9.96. The van der Waals surface area contributed by atoms with Gasteiger partial charge in [-0.15, -0.1) is 0 Å². The Labute approximate surface area is 135 Å². The molecular formula is C17H18Cl2FN. The number of hydrogen-bond donors (Lipinski definition) is 1. The van der Waals surface area contributed by atoms with Crippen molar-refractivity contribution in [1.82, 2.24) is 5.32 Å². The second-order valence-corrected chi connectivity index (χ2v) is 5.90. The van der Waals surface area contributed by atoms with E-state index in [2.05, 4.69) is 12.2 Å². The Kier molecular flexibility index (Phi) is 5.63. The summed E-state index contributed by atoms with van der Waals surface area (Å²) in [6.45, 7) is 4.74. The lowest BCUT2D eigenvalue weighted by Crippen LogP contribution is -2.24. The summed E-state index contributed by atoms with van der Waals surface area (Å²) in [6, 6.07) is 10.2. The average Bonchev–Trinajstić information content (AvgIpc) is 2.41. The van der Waals surface area contributed by atoms with E-state index in [0.29, 0.717) is 10.0 Å². The summed E-state index contributed by atoms with van der Waals surface area (Å²) in [5.41, 5.74) is 2.49. The van der Waals surface area contributed by atoms with Gasteiger partial charge in [0.15, 0.2) is 0 Å².